The van der Waals surface area contributed by atoms with Crippen LogP contribution in [-0.2, 0) is 9.59 Å². The second-order valence-electron chi connectivity index (χ2n) is 5.22. The average Bonchev–Trinajstić information content (AvgIpc) is 2.92. The summed E-state index contributed by atoms with van der Waals surface area (Å²) in [5.74, 6) is -1.53. The van der Waals surface area contributed by atoms with Gasteiger partial charge in [0.25, 0.3) is 0 Å². The molecular formula is C16H18N2O3. The molecule has 0 spiro atoms. The molecule has 2 unspecified atom stereocenters. The van der Waals surface area contributed by atoms with Crippen molar-refractivity contribution in [2.45, 2.75) is 26.2 Å². The van der Waals surface area contributed by atoms with Crippen LogP contribution in [0, 0.1) is 5.92 Å². The van der Waals surface area contributed by atoms with Crippen LogP contribution in [0.3, 0.4) is 0 Å². The van der Waals surface area contributed by atoms with Gasteiger partial charge in [0, 0.05) is 30.4 Å². The highest BCUT2D eigenvalue weighted by Crippen LogP contribution is 2.28. The summed E-state index contributed by atoms with van der Waals surface area (Å²) in [7, 11) is 0. The molecule has 0 aliphatic rings. The van der Waals surface area contributed by atoms with Crippen LogP contribution in [-0.4, -0.2) is 26.4 Å². The zero-order valence-electron chi connectivity index (χ0n) is 12.1. The molecule has 0 radical (unpaired) electrons. The van der Waals surface area contributed by atoms with Gasteiger partial charge in [0.15, 0.2) is 0 Å². The maximum atomic E-state index is 11.9. The first-order valence-corrected chi connectivity index (χ1v) is 6.79. The lowest BCUT2D eigenvalue weighted by Crippen LogP contribution is -2.20. The van der Waals surface area contributed by atoms with E-state index >= 15 is 0 Å². The van der Waals surface area contributed by atoms with Gasteiger partial charge in [0.2, 0.25) is 0 Å². The fourth-order valence-electron chi connectivity index (χ4n) is 2.62. The number of aliphatic carboxylic acids is 1. The number of carboxylic acids is 1. The highest BCUT2D eigenvalue weighted by atomic mass is 16.4. The molecule has 0 saturated heterocycles. The van der Waals surface area contributed by atoms with E-state index in [1.54, 1.807) is 19.4 Å². The second kappa shape index (κ2) is 6.35. The van der Waals surface area contributed by atoms with E-state index in [2.05, 4.69) is 4.98 Å². The zero-order valence-corrected chi connectivity index (χ0v) is 12.1. The number of hydrogen-bond donors (Lipinski definition) is 1. The Kier molecular flexibility index (Phi) is 4.52. The molecule has 21 heavy (non-hydrogen) atoms. The maximum absolute atomic E-state index is 11.9. The molecule has 0 bridgehead atoms. The largest absolute Gasteiger partial charge is 0.481 e. The van der Waals surface area contributed by atoms with Crippen molar-refractivity contribution in [3.8, 4) is 5.69 Å². The van der Waals surface area contributed by atoms with Crippen molar-refractivity contribution in [3.63, 3.8) is 0 Å². The van der Waals surface area contributed by atoms with E-state index in [1.165, 1.54) is 6.92 Å². The summed E-state index contributed by atoms with van der Waals surface area (Å²) in [5, 5.41) is 8.91. The van der Waals surface area contributed by atoms with Crippen LogP contribution in [0.25, 0.3) is 5.69 Å². The van der Waals surface area contributed by atoms with Crippen LogP contribution >= 0.6 is 0 Å². The van der Waals surface area contributed by atoms with E-state index in [0.717, 1.165) is 11.3 Å². The molecule has 1 N–H and O–H groups in total. The molecule has 0 fully saturated rings. The number of carbonyl (C=O) groups is 2. The first-order chi connectivity index (χ1) is 9.99. The molecule has 0 saturated carbocycles. The molecule has 5 heteroatoms. The first-order valence-electron chi connectivity index (χ1n) is 6.79. The third-order valence-electron chi connectivity index (χ3n) is 3.56. The van der Waals surface area contributed by atoms with E-state index < -0.39 is 11.9 Å². The smallest absolute Gasteiger partial charge is 0.303 e. The minimum atomic E-state index is -0.885. The summed E-state index contributed by atoms with van der Waals surface area (Å²) in [6.07, 6.45) is 5.21. The highest BCUT2D eigenvalue weighted by Gasteiger charge is 2.25. The van der Waals surface area contributed by atoms with Gasteiger partial charge in [-0.25, -0.2) is 4.98 Å². The van der Waals surface area contributed by atoms with Gasteiger partial charge in [0.05, 0.1) is 6.33 Å². The van der Waals surface area contributed by atoms with Gasteiger partial charge in [0.1, 0.15) is 5.78 Å². The van der Waals surface area contributed by atoms with Gasteiger partial charge < -0.3 is 9.67 Å². The van der Waals surface area contributed by atoms with Crippen LogP contribution in [0.1, 0.15) is 31.7 Å². The Labute approximate surface area is 123 Å². The number of rotatable bonds is 6. The van der Waals surface area contributed by atoms with E-state index in [0.29, 0.717) is 0 Å². The van der Waals surface area contributed by atoms with Crippen molar-refractivity contribution in [1.82, 2.24) is 9.55 Å². The normalized spacial score (nSPS) is 13.6. The second-order valence-corrected chi connectivity index (χ2v) is 5.22. The standard InChI is InChI=1S/C16H18N2O3/c1-11(9-15(20)21)16(12(2)19)13-3-5-14(6-4-13)18-8-7-17-10-18/h3-8,10-11,16H,9H2,1-2H3,(H,20,21). The molecule has 0 aliphatic carbocycles. The van der Waals surface area contributed by atoms with Crippen LogP contribution in [0.4, 0.5) is 0 Å². The number of benzene rings is 1. The molecule has 110 valence electrons. The lowest BCUT2D eigenvalue weighted by molar-refractivity contribution is -0.138. The van der Waals surface area contributed by atoms with Gasteiger partial charge >= 0.3 is 5.97 Å². The molecule has 0 aliphatic heterocycles. The Morgan fingerprint density at radius 3 is 2.43 bits per heavy atom. The van der Waals surface area contributed by atoms with Crippen molar-refractivity contribution in [2.24, 2.45) is 5.92 Å². The minimum absolute atomic E-state index is 0.0147. The Bertz CT molecular complexity index is 617. The van der Waals surface area contributed by atoms with E-state index in [-0.39, 0.29) is 18.1 Å². The number of Topliss-reactive ketones (excluding diaryl/α,β-unsaturated/α-hetero) is 1. The zero-order chi connectivity index (χ0) is 15.4. The third-order valence-corrected chi connectivity index (χ3v) is 3.56. The van der Waals surface area contributed by atoms with Crippen molar-refractivity contribution < 1.29 is 14.7 Å². The lowest BCUT2D eigenvalue weighted by atomic mass is 9.82. The lowest BCUT2D eigenvalue weighted by Gasteiger charge is -2.21. The number of nitrogens with zero attached hydrogens (tertiary/aromatic N) is 2. The van der Waals surface area contributed by atoms with Gasteiger partial charge in [-0.2, -0.15) is 0 Å². The topological polar surface area (TPSA) is 72.2 Å². The molecule has 0 amide bonds. The SMILES string of the molecule is CC(=O)C(c1ccc(-n2ccnc2)cc1)C(C)CC(=O)O. The third kappa shape index (κ3) is 3.56. The number of imidazole rings is 1. The van der Waals surface area contributed by atoms with Crippen LogP contribution in [0.15, 0.2) is 43.0 Å². The fourth-order valence-corrected chi connectivity index (χ4v) is 2.62. The first kappa shape index (κ1) is 15.0. The van der Waals surface area contributed by atoms with E-state index in [1.807, 2.05) is 35.0 Å². The van der Waals surface area contributed by atoms with Crippen LogP contribution < -0.4 is 0 Å². The molecule has 1 aromatic carbocycles. The fraction of sp³-hybridized carbons (Fsp3) is 0.312. The van der Waals surface area contributed by atoms with Crippen molar-refractivity contribution >= 4 is 11.8 Å². The summed E-state index contributed by atoms with van der Waals surface area (Å²) in [4.78, 5) is 26.7. The van der Waals surface area contributed by atoms with Gasteiger partial charge in [-0.15, -0.1) is 0 Å². The predicted octanol–water partition coefficient (Wildman–Crippen LogP) is 2.66. The monoisotopic (exact) mass is 286 g/mol. The van der Waals surface area contributed by atoms with Crippen molar-refractivity contribution in [1.29, 1.82) is 0 Å². The highest BCUT2D eigenvalue weighted by molar-refractivity contribution is 5.84. The molecule has 1 heterocycles. The number of carbonyl (C=O) groups excluding carboxylic acids is 1. The summed E-state index contributed by atoms with van der Waals surface area (Å²) in [6, 6.07) is 7.56. The Morgan fingerprint density at radius 2 is 1.95 bits per heavy atom. The van der Waals surface area contributed by atoms with Crippen molar-refractivity contribution in [3.05, 3.63) is 48.5 Å². The van der Waals surface area contributed by atoms with Gasteiger partial charge in [-0.05, 0) is 30.5 Å². The number of carboxylic acid groups (broad SMARTS) is 1. The molecular weight excluding hydrogens is 268 g/mol. The summed E-state index contributed by atoms with van der Waals surface area (Å²) in [6.45, 7) is 3.30. The Morgan fingerprint density at radius 1 is 1.29 bits per heavy atom. The van der Waals surface area contributed by atoms with E-state index in [4.69, 9.17) is 5.11 Å². The minimum Gasteiger partial charge on any atom is -0.481 e. The molecule has 2 aromatic rings. The van der Waals surface area contributed by atoms with Crippen LogP contribution in [0.5, 0.6) is 0 Å². The molecule has 5 nitrogen and oxygen atoms in total. The van der Waals surface area contributed by atoms with Crippen LogP contribution in [0.2, 0.25) is 0 Å². The molecule has 2 rings (SSSR count). The van der Waals surface area contributed by atoms with Gasteiger partial charge in [-0.3, -0.25) is 9.59 Å². The summed E-state index contributed by atoms with van der Waals surface area (Å²) >= 11 is 0. The predicted molar refractivity (Wildman–Crippen MR) is 78.4 cm³/mol. The molecule has 2 atom stereocenters. The number of ketones is 1. The molecule has 1 aromatic heterocycles. The maximum Gasteiger partial charge on any atom is 0.303 e. The van der Waals surface area contributed by atoms with Crippen molar-refractivity contribution in [2.75, 3.05) is 0 Å². The quantitative estimate of drug-likeness (QED) is 0.886. The van der Waals surface area contributed by atoms with E-state index in [9.17, 15) is 9.59 Å². The average molecular weight is 286 g/mol. The number of hydrogen-bond acceptors (Lipinski definition) is 3. The Balaban J connectivity index is 2.25. The summed E-state index contributed by atoms with van der Waals surface area (Å²) < 4.78 is 1.87. The summed E-state index contributed by atoms with van der Waals surface area (Å²) in [5.41, 5.74) is 1.80. The van der Waals surface area contributed by atoms with Gasteiger partial charge in [-0.1, -0.05) is 19.1 Å². The number of aromatic nitrogens is 2. The Hall–Kier alpha value is -2.43.